The first-order valence-corrected chi connectivity index (χ1v) is 7.55. The van der Waals surface area contributed by atoms with E-state index in [9.17, 15) is 10.1 Å². The molecular formula is C17H18N4O2. The third-order valence-electron chi connectivity index (χ3n) is 4.10. The first kappa shape index (κ1) is 15.3. The van der Waals surface area contributed by atoms with Gasteiger partial charge in [-0.1, -0.05) is 18.2 Å². The maximum atomic E-state index is 11.3. The summed E-state index contributed by atoms with van der Waals surface area (Å²) >= 11 is 0. The minimum Gasteiger partial charge on any atom is -0.468 e. The average Bonchev–Trinajstić information content (AvgIpc) is 2.61. The summed E-state index contributed by atoms with van der Waals surface area (Å²) in [5.41, 5.74) is 1.47. The molecule has 1 aliphatic heterocycles. The Morgan fingerprint density at radius 3 is 2.74 bits per heavy atom. The molecule has 6 nitrogen and oxygen atoms in total. The number of carbonyl (C=O) groups is 1. The molecule has 0 bridgehead atoms. The van der Waals surface area contributed by atoms with Gasteiger partial charge in [0, 0.05) is 31.6 Å². The Bertz CT molecular complexity index is 761. The fraction of sp³-hybridized carbons (Fsp3) is 0.353. The Kier molecular flexibility index (Phi) is 4.40. The summed E-state index contributed by atoms with van der Waals surface area (Å²) in [6.45, 7) is 3.40. The number of nitrogens with zero attached hydrogens (tertiary/aromatic N) is 4. The molecular weight excluding hydrogens is 292 g/mol. The van der Waals surface area contributed by atoms with Gasteiger partial charge in [-0.15, -0.1) is 0 Å². The van der Waals surface area contributed by atoms with E-state index < -0.39 is 0 Å². The molecule has 0 unspecified atom stereocenters. The van der Waals surface area contributed by atoms with E-state index >= 15 is 0 Å². The number of rotatable bonds is 3. The summed E-state index contributed by atoms with van der Waals surface area (Å²) < 4.78 is 4.70. The molecule has 1 aromatic carbocycles. The number of piperazine rings is 1. The predicted octanol–water partition coefficient (Wildman–Crippen LogP) is 1.40. The van der Waals surface area contributed by atoms with Gasteiger partial charge in [-0.3, -0.25) is 9.69 Å². The van der Waals surface area contributed by atoms with Crippen molar-refractivity contribution >= 4 is 22.7 Å². The summed E-state index contributed by atoms with van der Waals surface area (Å²) in [5.74, 6) is 0.604. The van der Waals surface area contributed by atoms with Gasteiger partial charge in [0.1, 0.15) is 5.82 Å². The van der Waals surface area contributed by atoms with Crippen molar-refractivity contribution in [2.75, 3.05) is 44.7 Å². The molecule has 0 amide bonds. The van der Waals surface area contributed by atoms with Crippen LogP contribution in [-0.2, 0) is 9.53 Å². The fourth-order valence-corrected chi connectivity index (χ4v) is 2.80. The number of aromatic nitrogens is 1. The van der Waals surface area contributed by atoms with Crippen LogP contribution >= 0.6 is 0 Å². The molecule has 118 valence electrons. The van der Waals surface area contributed by atoms with Gasteiger partial charge in [-0.2, -0.15) is 5.26 Å². The number of carbonyl (C=O) groups excluding carboxylic acids is 1. The first-order chi connectivity index (χ1) is 11.2. The average molecular weight is 310 g/mol. The minimum atomic E-state index is -0.214. The Balaban J connectivity index is 1.77. The van der Waals surface area contributed by atoms with E-state index in [-0.39, 0.29) is 5.97 Å². The monoisotopic (exact) mass is 310 g/mol. The molecule has 1 fully saturated rings. The van der Waals surface area contributed by atoms with Gasteiger partial charge in [0.05, 0.1) is 30.8 Å². The number of anilines is 1. The number of fused-ring (bicyclic) bond motifs is 1. The second-order valence-corrected chi connectivity index (χ2v) is 5.50. The third-order valence-corrected chi connectivity index (χ3v) is 4.10. The number of esters is 1. The normalized spacial score (nSPS) is 15.4. The number of nitriles is 1. The predicted molar refractivity (Wildman–Crippen MR) is 87.1 cm³/mol. The second kappa shape index (κ2) is 6.63. The summed E-state index contributed by atoms with van der Waals surface area (Å²) in [7, 11) is 1.40. The molecule has 0 saturated carbocycles. The number of hydrogen-bond donors (Lipinski definition) is 0. The van der Waals surface area contributed by atoms with Crippen LogP contribution in [0.3, 0.4) is 0 Å². The maximum absolute atomic E-state index is 11.3. The van der Waals surface area contributed by atoms with Crippen LogP contribution in [0.15, 0.2) is 30.3 Å². The lowest BCUT2D eigenvalue weighted by molar-refractivity contribution is -0.142. The Morgan fingerprint density at radius 1 is 1.30 bits per heavy atom. The Morgan fingerprint density at radius 2 is 2.04 bits per heavy atom. The van der Waals surface area contributed by atoms with Gasteiger partial charge in [0.25, 0.3) is 0 Å². The van der Waals surface area contributed by atoms with Gasteiger partial charge in [0.2, 0.25) is 0 Å². The SMILES string of the molecule is COC(=O)CN1CCN(c2cc(C#N)c3ccccc3n2)CC1. The van der Waals surface area contributed by atoms with Crippen molar-refractivity contribution in [2.45, 2.75) is 0 Å². The summed E-state index contributed by atoms with van der Waals surface area (Å²) in [5, 5.41) is 10.2. The van der Waals surface area contributed by atoms with Crippen LogP contribution in [0.1, 0.15) is 5.56 Å². The van der Waals surface area contributed by atoms with Gasteiger partial charge < -0.3 is 9.64 Å². The number of para-hydroxylation sites is 1. The molecule has 1 saturated heterocycles. The summed E-state index contributed by atoms with van der Waals surface area (Å²) in [6, 6.07) is 11.8. The Labute approximate surface area is 134 Å². The van der Waals surface area contributed by atoms with E-state index in [1.165, 1.54) is 7.11 Å². The highest BCUT2D eigenvalue weighted by molar-refractivity contribution is 5.86. The molecule has 0 atom stereocenters. The van der Waals surface area contributed by atoms with Crippen LogP contribution in [0.25, 0.3) is 10.9 Å². The lowest BCUT2D eigenvalue weighted by atomic mass is 10.1. The molecule has 0 spiro atoms. The second-order valence-electron chi connectivity index (χ2n) is 5.50. The van der Waals surface area contributed by atoms with E-state index in [4.69, 9.17) is 4.74 Å². The molecule has 1 aliphatic rings. The van der Waals surface area contributed by atoms with E-state index in [0.717, 1.165) is 42.9 Å². The van der Waals surface area contributed by atoms with Crippen molar-refractivity contribution in [2.24, 2.45) is 0 Å². The van der Waals surface area contributed by atoms with Crippen molar-refractivity contribution in [3.63, 3.8) is 0 Å². The van der Waals surface area contributed by atoms with Crippen LogP contribution < -0.4 is 4.90 Å². The van der Waals surface area contributed by atoms with Gasteiger partial charge in [-0.05, 0) is 12.1 Å². The molecule has 0 radical (unpaired) electrons. The van der Waals surface area contributed by atoms with E-state index in [1.807, 2.05) is 30.3 Å². The van der Waals surface area contributed by atoms with Crippen molar-refractivity contribution in [3.8, 4) is 6.07 Å². The number of pyridine rings is 1. The smallest absolute Gasteiger partial charge is 0.319 e. The van der Waals surface area contributed by atoms with Gasteiger partial charge >= 0.3 is 5.97 Å². The highest BCUT2D eigenvalue weighted by Gasteiger charge is 2.21. The molecule has 0 aliphatic carbocycles. The van der Waals surface area contributed by atoms with Crippen LogP contribution in [0.4, 0.5) is 5.82 Å². The highest BCUT2D eigenvalue weighted by atomic mass is 16.5. The minimum absolute atomic E-state index is 0.214. The number of benzene rings is 1. The number of hydrogen-bond acceptors (Lipinski definition) is 6. The van der Waals surface area contributed by atoms with Crippen molar-refractivity contribution in [1.29, 1.82) is 5.26 Å². The van der Waals surface area contributed by atoms with Crippen LogP contribution in [0, 0.1) is 11.3 Å². The fourth-order valence-electron chi connectivity index (χ4n) is 2.80. The van der Waals surface area contributed by atoms with Crippen LogP contribution in [0.2, 0.25) is 0 Å². The number of methoxy groups -OCH3 is 1. The zero-order valence-electron chi connectivity index (χ0n) is 13.0. The van der Waals surface area contributed by atoms with Crippen molar-refractivity contribution < 1.29 is 9.53 Å². The summed E-state index contributed by atoms with van der Waals surface area (Å²) in [4.78, 5) is 20.2. The molecule has 2 aromatic rings. The zero-order chi connectivity index (χ0) is 16.2. The molecule has 23 heavy (non-hydrogen) atoms. The number of ether oxygens (including phenoxy) is 1. The van der Waals surface area contributed by atoms with Gasteiger partial charge in [-0.25, -0.2) is 4.98 Å². The molecule has 2 heterocycles. The standard InChI is InChI=1S/C17H18N4O2/c1-23-17(22)12-20-6-8-21(9-7-20)16-10-13(11-18)14-4-2-3-5-15(14)19-16/h2-5,10H,6-9,12H2,1H3. The van der Waals surface area contributed by atoms with E-state index in [2.05, 4.69) is 20.9 Å². The van der Waals surface area contributed by atoms with Crippen LogP contribution in [-0.4, -0.2) is 55.7 Å². The quantitative estimate of drug-likeness (QED) is 0.798. The van der Waals surface area contributed by atoms with Crippen molar-refractivity contribution in [1.82, 2.24) is 9.88 Å². The highest BCUT2D eigenvalue weighted by Crippen LogP contribution is 2.23. The zero-order valence-corrected chi connectivity index (χ0v) is 13.0. The van der Waals surface area contributed by atoms with E-state index in [1.54, 1.807) is 0 Å². The Hall–Kier alpha value is -2.65. The third kappa shape index (κ3) is 3.25. The van der Waals surface area contributed by atoms with E-state index in [0.29, 0.717) is 12.1 Å². The topological polar surface area (TPSA) is 69.5 Å². The lowest BCUT2D eigenvalue weighted by Crippen LogP contribution is -2.48. The first-order valence-electron chi connectivity index (χ1n) is 7.55. The molecule has 3 rings (SSSR count). The molecule has 0 N–H and O–H groups in total. The molecule has 1 aromatic heterocycles. The van der Waals surface area contributed by atoms with Crippen LogP contribution in [0.5, 0.6) is 0 Å². The van der Waals surface area contributed by atoms with Crippen molar-refractivity contribution in [3.05, 3.63) is 35.9 Å². The lowest BCUT2D eigenvalue weighted by Gasteiger charge is -2.34. The molecule has 6 heteroatoms. The summed E-state index contributed by atoms with van der Waals surface area (Å²) in [6.07, 6.45) is 0. The van der Waals surface area contributed by atoms with Gasteiger partial charge in [0.15, 0.2) is 0 Å². The largest absolute Gasteiger partial charge is 0.468 e. The maximum Gasteiger partial charge on any atom is 0.319 e.